The van der Waals surface area contributed by atoms with Crippen molar-refractivity contribution in [2.24, 2.45) is 0 Å². The van der Waals surface area contributed by atoms with Gasteiger partial charge in [-0.15, -0.1) is 0 Å². The van der Waals surface area contributed by atoms with Gasteiger partial charge in [0.05, 0.1) is 18.2 Å². The molecule has 29 heavy (non-hydrogen) atoms. The van der Waals surface area contributed by atoms with E-state index in [1.54, 1.807) is 24.9 Å². The molecular formula is C24H24N4O. The van der Waals surface area contributed by atoms with Crippen molar-refractivity contribution in [3.05, 3.63) is 84.5 Å². The first-order valence-corrected chi connectivity index (χ1v) is 10.2. The number of furan rings is 1. The number of nitrogens with one attached hydrogen (secondary N) is 2. The zero-order chi connectivity index (χ0) is 19.5. The summed E-state index contributed by atoms with van der Waals surface area (Å²) < 4.78 is 5.80. The SMILES string of the molecule is c1ccc([C@H]2NCCC[C@H]2NCc2cc(-c3cnccn3)cc3ccoc23)cc1. The molecule has 0 unspecified atom stereocenters. The van der Waals surface area contributed by atoms with E-state index < -0.39 is 0 Å². The van der Waals surface area contributed by atoms with E-state index in [0.29, 0.717) is 12.1 Å². The maximum Gasteiger partial charge on any atom is 0.138 e. The molecule has 2 N–H and O–H groups in total. The van der Waals surface area contributed by atoms with E-state index in [1.807, 2.05) is 6.07 Å². The van der Waals surface area contributed by atoms with Crippen molar-refractivity contribution < 1.29 is 4.42 Å². The summed E-state index contributed by atoms with van der Waals surface area (Å²) in [6.07, 6.45) is 9.31. The van der Waals surface area contributed by atoms with Crippen LogP contribution in [0.3, 0.4) is 0 Å². The lowest BCUT2D eigenvalue weighted by Crippen LogP contribution is -2.45. The molecule has 0 spiro atoms. The second kappa shape index (κ2) is 8.15. The number of fused-ring (bicyclic) bond motifs is 1. The first kappa shape index (κ1) is 18.0. The molecule has 0 aliphatic carbocycles. The fourth-order valence-electron chi connectivity index (χ4n) is 4.24. The highest BCUT2D eigenvalue weighted by atomic mass is 16.3. The number of piperidine rings is 1. The summed E-state index contributed by atoms with van der Waals surface area (Å²) in [7, 11) is 0. The van der Waals surface area contributed by atoms with Crippen molar-refractivity contribution >= 4 is 11.0 Å². The summed E-state index contributed by atoms with van der Waals surface area (Å²) >= 11 is 0. The highest BCUT2D eigenvalue weighted by molar-refractivity contribution is 5.85. The minimum Gasteiger partial charge on any atom is -0.464 e. The summed E-state index contributed by atoms with van der Waals surface area (Å²) in [5.74, 6) is 0. The molecular weight excluding hydrogens is 360 g/mol. The molecule has 1 aliphatic rings. The summed E-state index contributed by atoms with van der Waals surface area (Å²) in [6.45, 7) is 1.80. The van der Waals surface area contributed by atoms with Crippen LogP contribution >= 0.6 is 0 Å². The molecule has 5 heteroatoms. The van der Waals surface area contributed by atoms with Crippen molar-refractivity contribution in [1.29, 1.82) is 0 Å². The molecule has 2 atom stereocenters. The molecule has 2 aromatic heterocycles. The second-order valence-corrected chi connectivity index (χ2v) is 7.54. The monoisotopic (exact) mass is 384 g/mol. The third kappa shape index (κ3) is 3.79. The Morgan fingerprint density at radius 3 is 2.90 bits per heavy atom. The highest BCUT2D eigenvalue weighted by Gasteiger charge is 2.25. The summed E-state index contributed by atoms with van der Waals surface area (Å²) in [5.41, 5.74) is 5.35. The molecule has 0 bridgehead atoms. The average molecular weight is 384 g/mol. The summed E-state index contributed by atoms with van der Waals surface area (Å²) in [5, 5.41) is 8.56. The van der Waals surface area contributed by atoms with E-state index >= 15 is 0 Å². The van der Waals surface area contributed by atoms with Crippen LogP contribution in [0.2, 0.25) is 0 Å². The van der Waals surface area contributed by atoms with E-state index in [-0.39, 0.29) is 0 Å². The third-order valence-electron chi connectivity index (χ3n) is 5.66. The molecule has 0 radical (unpaired) electrons. The predicted octanol–water partition coefficient (Wildman–Crippen LogP) is 4.47. The van der Waals surface area contributed by atoms with Gasteiger partial charge in [-0.25, -0.2) is 0 Å². The van der Waals surface area contributed by atoms with Crippen molar-refractivity contribution in [2.45, 2.75) is 31.5 Å². The van der Waals surface area contributed by atoms with Gasteiger partial charge in [-0.2, -0.15) is 0 Å². The predicted molar refractivity (Wildman–Crippen MR) is 114 cm³/mol. The smallest absolute Gasteiger partial charge is 0.138 e. The fraction of sp³-hybridized carbons (Fsp3) is 0.250. The van der Waals surface area contributed by atoms with Gasteiger partial charge in [0, 0.05) is 47.5 Å². The number of benzene rings is 2. The van der Waals surface area contributed by atoms with Gasteiger partial charge in [0.25, 0.3) is 0 Å². The quantitative estimate of drug-likeness (QED) is 0.531. The first-order chi connectivity index (χ1) is 14.4. The maximum absolute atomic E-state index is 5.80. The molecule has 146 valence electrons. The van der Waals surface area contributed by atoms with Gasteiger partial charge in [-0.1, -0.05) is 30.3 Å². The van der Waals surface area contributed by atoms with Crippen LogP contribution in [0.25, 0.3) is 22.2 Å². The van der Waals surface area contributed by atoms with Crippen molar-refractivity contribution in [1.82, 2.24) is 20.6 Å². The Balaban J connectivity index is 1.42. The molecule has 1 fully saturated rings. The Morgan fingerprint density at radius 2 is 2.03 bits per heavy atom. The first-order valence-electron chi connectivity index (χ1n) is 10.2. The second-order valence-electron chi connectivity index (χ2n) is 7.54. The molecule has 2 aromatic carbocycles. The van der Waals surface area contributed by atoms with Gasteiger partial charge in [0.1, 0.15) is 5.58 Å². The molecule has 1 saturated heterocycles. The van der Waals surface area contributed by atoms with Gasteiger partial charge >= 0.3 is 0 Å². The van der Waals surface area contributed by atoms with Crippen LogP contribution in [0.15, 0.2) is 77.8 Å². The topological polar surface area (TPSA) is 63.0 Å². The Bertz CT molecular complexity index is 1080. The fourth-order valence-corrected chi connectivity index (χ4v) is 4.24. The lowest BCUT2D eigenvalue weighted by atomic mass is 9.92. The number of hydrogen-bond acceptors (Lipinski definition) is 5. The number of nitrogens with zero attached hydrogens (tertiary/aromatic N) is 2. The Morgan fingerprint density at radius 1 is 1.10 bits per heavy atom. The number of rotatable bonds is 5. The van der Waals surface area contributed by atoms with E-state index in [2.05, 4.69) is 63.1 Å². The van der Waals surface area contributed by atoms with Crippen LogP contribution in [-0.2, 0) is 6.54 Å². The molecule has 0 saturated carbocycles. The molecule has 4 aromatic rings. The van der Waals surface area contributed by atoms with Crippen LogP contribution in [0, 0.1) is 0 Å². The van der Waals surface area contributed by atoms with Gasteiger partial charge in [0.15, 0.2) is 0 Å². The van der Waals surface area contributed by atoms with Crippen molar-refractivity contribution in [3.63, 3.8) is 0 Å². The van der Waals surface area contributed by atoms with Crippen LogP contribution in [-0.4, -0.2) is 22.6 Å². The Kier molecular flexibility index (Phi) is 5.07. The Labute approximate surface area is 170 Å². The largest absolute Gasteiger partial charge is 0.464 e. The minimum atomic E-state index is 0.320. The Hall–Kier alpha value is -3.02. The lowest BCUT2D eigenvalue weighted by molar-refractivity contribution is 0.304. The van der Waals surface area contributed by atoms with Crippen LogP contribution in [0.4, 0.5) is 0 Å². The maximum atomic E-state index is 5.80. The summed E-state index contributed by atoms with van der Waals surface area (Å²) in [6, 6.07) is 17.7. The van der Waals surface area contributed by atoms with E-state index in [1.165, 1.54) is 12.0 Å². The number of hydrogen-bond donors (Lipinski definition) is 2. The van der Waals surface area contributed by atoms with Gasteiger partial charge < -0.3 is 15.1 Å². The van der Waals surface area contributed by atoms with E-state index in [9.17, 15) is 0 Å². The van der Waals surface area contributed by atoms with Crippen LogP contribution < -0.4 is 10.6 Å². The number of aromatic nitrogens is 2. The third-order valence-corrected chi connectivity index (χ3v) is 5.66. The molecule has 3 heterocycles. The van der Waals surface area contributed by atoms with Crippen molar-refractivity contribution in [2.75, 3.05) is 6.54 Å². The zero-order valence-electron chi connectivity index (χ0n) is 16.2. The van der Waals surface area contributed by atoms with Crippen LogP contribution in [0.5, 0.6) is 0 Å². The van der Waals surface area contributed by atoms with Crippen LogP contribution in [0.1, 0.15) is 30.0 Å². The summed E-state index contributed by atoms with van der Waals surface area (Å²) in [4.78, 5) is 8.67. The standard InChI is InChI=1S/C24H24N4O/c1-2-5-17(6-3-1)23-21(7-4-9-27-23)28-15-20-14-19(22-16-25-10-11-26-22)13-18-8-12-29-24(18)20/h1-3,5-6,8,10-14,16,21,23,27-28H,4,7,9,15H2/t21-,23-/m1/s1. The van der Waals surface area contributed by atoms with E-state index in [0.717, 1.165) is 47.3 Å². The van der Waals surface area contributed by atoms with Gasteiger partial charge in [0.2, 0.25) is 0 Å². The van der Waals surface area contributed by atoms with Gasteiger partial charge in [-0.3, -0.25) is 9.97 Å². The van der Waals surface area contributed by atoms with E-state index in [4.69, 9.17) is 4.42 Å². The normalized spacial score (nSPS) is 19.4. The molecule has 5 nitrogen and oxygen atoms in total. The highest BCUT2D eigenvalue weighted by Crippen LogP contribution is 2.29. The minimum absolute atomic E-state index is 0.320. The van der Waals surface area contributed by atoms with Gasteiger partial charge in [-0.05, 0) is 43.1 Å². The molecule has 1 aliphatic heterocycles. The zero-order valence-corrected chi connectivity index (χ0v) is 16.2. The molecule has 0 amide bonds. The molecule has 5 rings (SSSR count). The van der Waals surface area contributed by atoms with Crippen molar-refractivity contribution in [3.8, 4) is 11.3 Å². The lowest BCUT2D eigenvalue weighted by Gasteiger charge is -2.34. The average Bonchev–Trinajstić information content (AvgIpc) is 3.28.